The van der Waals surface area contributed by atoms with Crippen molar-refractivity contribution < 1.29 is 18.6 Å². The van der Waals surface area contributed by atoms with Crippen LogP contribution in [0.15, 0.2) is 41.4 Å². The Bertz CT molecular complexity index is 1060. The lowest BCUT2D eigenvalue weighted by Gasteiger charge is -2.36. The molecule has 2 aromatic carbocycles. The molecule has 4 rings (SSSR count). The predicted octanol–water partition coefficient (Wildman–Crippen LogP) is 3.67. The van der Waals surface area contributed by atoms with E-state index in [1.54, 1.807) is 31.4 Å². The van der Waals surface area contributed by atoms with Crippen LogP contribution in [0.1, 0.15) is 5.56 Å². The lowest BCUT2D eigenvalue weighted by atomic mass is 10.1. The molecule has 0 bridgehead atoms. The second kappa shape index (κ2) is 8.81. The number of aromatic nitrogens is 1. The number of hydrogen-bond acceptors (Lipinski definition) is 5. The first-order valence-corrected chi connectivity index (χ1v) is 9.86. The summed E-state index contributed by atoms with van der Waals surface area (Å²) in [5, 5.41) is 10.3. The molecule has 30 heavy (non-hydrogen) atoms. The van der Waals surface area contributed by atoms with E-state index < -0.39 is 5.82 Å². The van der Waals surface area contributed by atoms with Gasteiger partial charge in [0.25, 0.3) is 0 Å². The molecule has 158 valence electrons. The van der Waals surface area contributed by atoms with Crippen molar-refractivity contribution in [3.63, 3.8) is 0 Å². The molecule has 0 spiro atoms. The fraction of sp³-hybridized carbons (Fsp3) is 0.318. The highest BCUT2D eigenvalue weighted by Crippen LogP contribution is 2.29. The van der Waals surface area contributed by atoms with Crippen molar-refractivity contribution in [2.75, 3.05) is 51.3 Å². The molecule has 3 aromatic rings. The Morgan fingerprint density at radius 1 is 1.13 bits per heavy atom. The summed E-state index contributed by atoms with van der Waals surface area (Å²) < 4.78 is 34.0. The number of H-pyrrole nitrogens is 1. The Kier molecular flexibility index (Phi) is 5.96. The lowest BCUT2D eigenvalue weighted by Crippen LogP contribution is -2.47. The zero-order valence-corrected chi connectivity index (χ0v) is 16.7. The van der Waals surface area contributed by atoms with Gasteiger partial charge in [-0.1, -0.05) is 6.07 Å². The molecule has 1 aliphatic heterocycles. The van der Waals surface area contributed by atoms with E-state index in [4.69, 9.17) is 4.74 Å². The smallest absolute Gasteiger partial charge is 0.198 e. The van der Waals surface area contributed by atoms with Gasteiger partial charge in [-0.3, -0.25) is 9.89 Å². The monoisotopic (exact) mass is 414 g/mol. The first-order valence-electron chi connectivity index (χ1n) is 9.86. The third kappa shape index (κ3) is 4.15. The van der Waals surface area contributed by atoms with Crippen LogP contribution in [0.25, 0.3) is 10.9 Å². The maximum Gasteiger partial charge on any atom is 0.198 e. The third-order valence-corrected chi connectivity index (χ3v) is 5.39. The fourth-order valence-electron chi connectivity index (χ4n) is 3.75. The number of rotatable bonds is 6. The minimum Gasteiger partial charge on any atom is -0.494 e. The number of hydrogen-bond donors (Lipinski definition) is 2. The number of aromatic hydroxyl groups is 1. The van der Waals surface area contributed by atoms with Crippen molar-refractivity contribution in [1.82, 2.24) is 9.88 Å². The average molecular weight is 414 g/mol. The molecule has 0 aliphatic carbocycles. The molecule has 2 N–H and O–H groups in total. The summed E-state index contributed by atoms with van der Waals surface area (Å²) in [4.78, 5) is 11.3. The van der Waals surface area contributed by atoms with Gasteiger partial charge in [0.15, 0.2) is 5.88 Å². The Morgan fingerprint density at radius 3 is 2.67 bits per heavy atom. The van der Waals surface area contributed by atoms with Gasteiger partial charge in [-0.2, -0.15) is 0 Å². The van der Waals surface area contributed by atoms with Crippen molar-refractivity contribution in [1.29, 1.82) is 0 Å². The number of methoxy groups -OCH3 is 1. The van der Waals surface area contributed by atoms with Crippen LogP contribution in [-0.4, -0.2) is 67.6 Å². The molecule has 1 fully saturated rings. The average Bonchev–Trinajstić information content (AvgIpc) is 3.07. The first-order chi connectivity index (χ1) is 14.6. The van der Waals surface area contributed by atoms with Crippen molar-refractivity contribution in [3.8, 4) is 5.88 Å². The van der Waals surface area contributed by atoms with Gasteiger partial charge in [-0.25, -0.2) is 8.78 Å². The maximum absolute atomic E-state index is 14.7. The highest BCUT2D eigenvalue weighted by atomic mass is 19.1. The molecule has 1 saturated heterocycles. The van der Waals surface area contributed by atoms with E-state index in [0.717, 1.165) is 32.7 Å². The number of aliphatic imine (C=N–C) groups is 1. The molecule has 2 heterocycles. The first kappa shape index (κ1) is 20.3. The quantitative estimate of drug-likeness (QED) is 0.604. The van der Waals surface area contributed by atoms with Gasteiger partial charge in [-0.15, -0.1) is 0 Å². The van der Waals surface area contributed by atoms with E-state index in [9.17, 15) is 13.9 Å². The number of nitrogens with zero attached hydrogens (tertiary/aromatic N) is 3. The summed E-state index contributed by atoms with van der Waals surface area (Å²) in [7, 11) is 1.69. The Balaban J connectivity index is 1.49. The van der Waals surface area contributed by atoms with Gasteiger partial charge < -0.3 is 19.7 Å². The topological polar surface area (TPSA) is 64.1 Å². The van der Waals surface area contributed by atoms with E-state index in [1.165, 1.54) is 18.3 Å². The summed E-state index contributed by atoms with van der Waals surface area (Å²) in [6.45, 7) is 4.76. The summed E-state index contributed by atoms with van der Waals surface area (Å²) in [6.07, 6.45) is 1.35. The van der Waals surface area contributed by atoms with Gasteiger partial charge in [0.1, 0.15) is 11.6 Å². The van der Waals surface area contributed by atoms with Crippen molar-refractivity contribution in [2.45, 2.75) is 0 Å². The van der Waals surface area contributed by atoms with Crippen LogP contribution in [0.5, 0.6) is 5.88 Å². The molecule has 6 nitrogen and oxygen atoms in total. The predicted molar refractivity (Wildman–Crippen MR) is 114 cm³/mol. The normalized spacial score (nSPS) is 15.5. The van der Waals surface area contributed by atoms with Crippen LogP contribution >= 0.6 is 0 Å². The molecule has 0 amide bonds. The molecule has 0 radical (unpaired) electrons. The van der Waals surface area contributed by atoms with Crippen LogP contribution in [-0.2, 0) is 4.74 Å². The van der Waals surface area contributed by atoms with Gasteiger partial charge in [0.05, 0.1) is 29.1 Å². The number of anilines is 1. The largest absolute Gasteiger partial charge is 0.494 e. The number of aromatic amines is 1. The second-order valence-corrected chi connectivity index (χ2v) is 7.27. The molecule has 0 unspecified atom stereocenters. The molecular weight excluding hydrogens is 390 g/mol. The van der Waals surface area contributed by atoms with Crippen LogP contribution in [0.3, 0.4) is 0 Å². The summed E-state index contributed by atoms with van der Waals surface area (Å²) >= 11 is 0. The summed E-state index contributed by atoms with van der Waals surface area (Å²) in [6, 6.07) is 9.32. The van der Waals surface area contributed by atoms with E-state index in [1.807, 2.05) is 4.90 Å². The molecule has 1 aromatic heterocycles. The zero-order valence-electron chi connectivity index (χ0n) is 16.7. The Morgan fingerprint density at radius 2 is 1.93 bits per heavy atom. The third-order valence-electron chi connectivity index (χ3n) is 5.39. The van der Waals surface area contributed by atoms with Crippen LogP contribution < -0.4 is 4.90 Å². The standard InChI is InChI=1S/C22H24F2N4O2/c1-30-12-11-27-7-9-28(10-8-27)20-6-5-15(13-18(20)24)25-14-16-21-17(23)3-2-4-19(21)26-22(16)29/h2-6,13-14,26,29H,7-12H2,1H3. The van der Waals surface area contributed by atoms with Crippen LogP contribution in [0.2, 0.25) is 0 Å². The lowest BCUT2D eigenvalue weighted by molar-refractivity contribution is 0.144. The number of ether oxygens (including phenoxy) is 1. The number of piperazine rings is 1. The van der Waals surface area contributed by atoms with Crippen molar-refractivity contribution >= 4 is 28.5 Å². The highest BCUT2D eigenvalue weighted by molar-refractivity contribution is 6.02. The second-order valence-electron chi connectivity index (χ2n) is 7.27. The minimum absolute atomic E-state index is 0.178. The van der Waals surface area contributed by atoms with Crippen molar-refractivity contribution in [3.05, 3.63) is 53.6 Å². The van der Waals surface area contributed by atoms with Crippen LogP contribution in [0.4, 0.5) is 20.2 Å². The zero-order chi connectivity index (χ0) is 21.1. The number of fused-ring (bicyclic) bond motifs is 1. The Hall–Kier alpha value is -2.97. The maximum atomic E-state index is 14.7. The molecule has 8 heteroatoms. The molecule has 1 aliphatic rings. The highest BCUT2D eigenvalue weighted by Gasteiger charge is 2.19. The SMILES string of the molecule is COCCN1CCN(c2ccc(N=Cc3c(O)[nH]c4cccc(F)c34)cc2F)CC1. The Labute approximate surface area is 173 Å². The van der Waals surface area contributed by atoms with E-state index in [0.29, 0.717) is 23.5 Å². The van der Waals surface area contributed by atoms with E-state index >= 15 is 0 Å². The minimum atomic E-state index is -0.461. The summed E-state index contributed by atoms with van der Waals surface area (Å²) in [5.41, 5.74) is 1.64. The van der Waals surface area contributed by atoms with Gasteiger partial charge in [-0.05, 0) is 24.3 Å². The van der Waals surface area contributed by atoms with Crippen molar-refractivity contribution in [2.24, 2.45) is 4.99 Å². The van der Waals surface area contributed by atoms with Gasteiger partial charge >= 0.3 is 0 Å². The molecule has 0 atom stereocenters. The number of halogens is 2. The molecular formula is C22H24F2N4O2. The van der Waals surface area contributed by atoms with Crippen LogP contribution in [0, 0.1) is 11.6 Å². The fourth-order valence-corrected chi connectivity index (χ4v) is 3.75. The van der Waals surface area contributed by atoms with E-state index in [2.05, 4.69) is 14.9 Å². The van der Waals surface area contributed by atoms with E-state index in [-0.39, 0.29) is 22.6 Å². The molecule has 0 saturated carbocycles. The van der Waals surface area contributed by atoms with Gasteiger partial charge in [0, 0.05) is 57.5 Å². The number of nitrogens with one attached hydrogen (secondary N) is 1. The number of benzene rings is 2. The summed E-state index contributed by atoms with van der Waals surface area (Å²) in [5.74, 6) is -0.997. The van der Waals surface area contributed by atoms with Gasteiger partial charge in [0.2, 0.25) is 0 Å².